The summed E-state index contributed by atoms with van der Waals surface area (Å²) in [6, 6.07) is 2.08. The van der Waals surface area contributed by atoms with Crippen LogP contribution in [-0.4, -0.2) is 47.8 Å². The summed E-state index contributed by atoms with van der Waals surface area (Å²) in [5.74, 6) is 1.28. The van der Waals surface area contributed by atoms with Gasteiger partial charge in [-0.2, -0.15) is 11.3 Å². The van der Waals surface area contributed by atoms with Gasteiger partial charge in [0.1, 0.15) is 0 Å². The van der Waals surface area contributed by atoms with Crippen LogP contribution in [0, 0.1) is 5.92 Å². The molecule has 2 aliphatic rings. The van der Waals surface area contributed by atoms with E-state index < -0.39 is 0 Å². The lowest BCUT2D eigenvalue weighted by Gasteiger charge is -2.35. The van der Waals surface area contributed by atoms with Crippen molar-refractivity contribution in [3.8, 4) is 0 Å². The van der Waals surface area contributed by atoms with Crippen LogP contribution in [0.1, 0.15) is 50.5 Å². The van der Waals surface area contributed by atoms with E-state index in [0.29, 0.717) is 39.0 Å². The molecule has 24 heavy (non-hydrogen) atoms. The molecule has 0 aromatic carbocycles. The summed E-state index contributed by atoms with van der Waals surface area (Å²) >= 11 is 1.67. The van der Waals surface area contributed by atoms with Gasteiger partial charge in [-0.15, -0.1) is 0 Å². The van der Waals surface area contributed by atoms with Crippen LogP contribution in [0.15, 0.2) is 16.8 Å². The Kier molecular flexibility index (Phi) is 6.30. The quantitative estimate of drug-likeness (QED) is 0.791. The van der Waals surface area contributed by atoms with Crippen molar-refractivity contribution in [1.82, 2.24) is 9.80 Å². The molecule has 2 fully saturated rings. The van der Waals surface area contributed by atoms with E-state index in [1.54, 1.807) is 11.3 Å². The van der Waals surface area contributed by atoms with Crippen molar-refractivity contribution < 1.29 is 9.59 Å². The van der Waals surface area contributed by atoms with Gasteiger partial charge >= 0.3 is 0 Å². The number of carbonyl (C=O) groups excluding carboxylic acids is 2. The predicted molar refractivity (Wildman–Crippen MR) is 97.0 cm³/mol. The van der Waals surface area contributed by atoms with Crippen LogP contribution >= 0.6 is 11.3 Å². The van der Waals surface area contributed by atoms with Crippen molar-refractivity contribution in [2.45, 2.75) is 51.4 Å². The molecule has 0 radical (unpaired) electrons. The molecule has 132 valence electrons. The summed E-state index contributed by atoms with van der Waals surface area (Å²) < 4.78 is 0. The number of amides is 2. The second-order valence-electron chi connectivity index (χ2n) is 7.08. The minimum Gasteiger partial charge on any atom is -0.339 e. The van der Waals surface area contributed by atoms with Crippen molar-refractivity contribution in [3.05, 3.63) is 22.4 Å². The molecule has 0 N–H and O–H groups in total. The zero-order valence-corrected chi connectivity index (χ0v) is 15.2. The van der Waals surface area contributed by atoms with E-state index in [9.17, 15) is 9.59 Å². The zero-order valence-electron chi connectivity index (χ0n) is 14.4. The lowest BCUT2D eigenvalue weighted by molar-refractivity contribution is -0.139. The molecule has 0 atom stereocenters. The summed E-state index contributed by atoms with van der Waals surface area (Å²) in [4.78, 5) is 28.5. The highest BCUT2D eigenvalue weighted by molar-refractivity contribution is 7.07. The number of thiophene rings is 1. The van der Waals surface area contributed by atoms with Gasteiger partial charge in [0, 0.05) is 39.0 Å². The van der Waals surface area contributed by atoms with Crippen LogP contribution in [-0.2, 0) is 16.0 Å². The van der Waals surface area contributed by atoms with Gasteiger partial charge in [0.25, 0.3) is 0 Å². The predicted octanol–water partition coefficient (Wildman–Crippen LogP) is 3.32. The number of aryl methyl sites for hydroxylation is 1. The van der Waals surface area contributed by atoms with Crippen molar-refractivity contribution >= 4 is 23.2 Å². The fourth-order valence-electron chi connectivity index (χ4n) is 3.83. The maximum atomic E-state index is 12.3. The van der Waals surface area contributed by atoms with Crippen LogP contribution in [0.2, 0.25) is 0 Å². The van der Waals surface area contributed by atoms with Crippen LogP contribution in [0.25, 0.3) is 0 Å². The van der Waals surface area contributed by atoms with Crippen LogP contribution in [0.5, 0.6) is 0 Å². The number of hydrogen-bond acceptors (Lipinski definition) is 3. The van der Waals surface area contributed by atoms with Crippen LogP contribution in [0.3, 0.4) is 0 Å². The number of rotatable bonds is 6. The molecule has 1 saturated heterocycles. The van der Waals surface area contributed by atoms with E-state index in [0.717, 1.165) is 18.8 Å². The Hall–Kier alpha value is -1.36. The van der Waals surface area contributed by atoms with Gasteiger partial charge in [0.2, 0.25) is 11.8 Å². The third kappa shape index (κ3) is 4.82. The molecule has 3 rings (SSSR count). The van der Waals surface area contributed by atoms with Crippen LogP contribution in [0.4, 0.5) is 0 Å². The Bertz CT molecular complexity index is 530. The molecule has 0 unspecified atom stereocenters. The molecule has 5 heteroatoms. The van der Waals surface area contributed by atoms with Gasteiger partial charge in [-0.25, -0.2) is 0 Å². The maximum Gasteiger partial charge on any atom is 0.223 e. The maximum absolute atomic E-state index is 12.3. The first-order valence-electron chi connectivity index (χ1n) is 9.29. The van der Waals surface area contributed by atoms with E-state index in [2.05, 4.69) is 16.8 Å². The molecular formula is C19H28N2O2S. The molecule has 4 nitrogen and oxygen atoms in total. The Morgan fingerprint density at radius 3 is 2.21 bits per heavy atom. The summed E-state index contributed by atoms with van der Waals surface area (Å²) in [5.41, 5.74) is 1.24. The summed E-state index contributed by atoms with van der Waals surface area (Å²) in [6.45, 7) is 2.79. The first kappa shape index (κ1) is 17.5. The van der Waals surface area contributed by atoms with E-state index in [1.165, 1.54) is 31.2 Å². The van der Waals surface area contributed by atoms with Gasteiger partial charge in [-0.3, -0.25) is 9.59 Å². The lowest BCUT2D eigenvalue weighted by atomic mass is 10.0. The average molecular weight is 349 g/mol. The van der Waals surface area contributed by atoms with Crippen LogP contribution < -0.4 is 0 Å². The molecule has 0 bridgehead atoms. The minimum absolute atomic E-state index is 0.222. The first-order valence-corrected chi connectivity index (χ1v) is 10.2. The highest BCUT2D eigenvalue weighted by Gasteiger charge is 2.24. The number of nitrogens with zero attached hydrogens (tertiary/aromatic N) is 2. The van der Waals surface area contributed by atoms with Crippen molar-refractivity contribution in [2.75, 3.05) is 26.2 Å². The Labute approximate surface area is 148 Å². The summed E-state index contributed by atoms with van der Waals surface area (Å²) in [7, 11) is 0. The normalized spacial score (nSPS) is 19.0. The Morgan fingerprint density at radius 2 is 1.62 bits per heavy atom. The third-order valence-electron chi connectivity index (χ3n) is 5.43. The first-order chi connectivity index (χ1) is 11.7. The molecular weight excluding hydrogens is 320 g/mol. The molecule has 1 aromatic heterocycles. The molecule has 1 aliphatic carbocycles. The Balaban J connectivity index is 1.35. The number of carbonyl (C=O) groups is 2. The summed E-state index contributed by atoms with van der Waals surface area (Å²) in [5, 5.41) is 4.16. The van der Waals surface area contributed by atoms with Crippen molar-refractivity contribution in [2.24, 2.45) is 5.92 Å². The number of hydrogen-bond donors (Lipinski definition) is 0. The molecule has 2 heterocycles. The SMILES string of the molecule is O=C(CCc1ccsc1)N1CCN(C(=O)CCC2CCCC2)CC1. The van der Waals surface area contributed by atoms with E-state index in [-0.39, 0.29) is 11.8 Å². The second-order valence-corrected chi connectivity index (χ2v) is 7.86. The van der Waals surface area contributed by atoms with Gasteiger partial charge in [0.05, 0.1) is 0 Å². The minimum atomic E-state index is 0.222. The zero-order chi connectivity index (χ0) is 16.8. The van der Waals surface area contributed by atoms with Crippen molar-refractivity contribution in [1.29, 1.82) is 0 Å². The van der Waals surface area contributed by atoms with Gasteiger partial charge in [0.15, 0.2) is 0 Å². The number of piperazine rings is 1. The van der Waals surface area contributed by atoms with Gasteiger partial charge in [-0.05, 0) is 41.1 Å². The fraction of sp³-hybridized carbons (Fsp3) is 0.684. The highest BCUT2D eigenvalue weighted by atomic mass is 32.1. The summed E-state index contributed by atoms with van der Waals surface area (Å²) in [6.07, 6.45) is 8.43. The lowest BCUT2D eigenvalue weighted by Crippen LogP contribution is -2.50. The van der Waals surface area contributed by atoms with E-state index in [1.807, 2.05) is 9.80 Å². The largest absolute Gasteiger partial charge is 0.339 e. The molecule has 1 aliphatic heterocycles. The third-order valence-corrected chi connectivity index (χ3v) is 6.17. The molecule has 0 spiro atoms. The standard InChI is InChI=1S/C19H28N2O2S/c22-18(7-5-16-3-1-2-4-16)20-10-12-21(13-11-20)19(23)8-6-17-9-14-24-15-17/h9,14-16H,1-8,10-13H2. The fourth-order valence-corrected chi connectivity index (χ4v) is 4.54. The Morgan fingerprint density at radius 1 is 1.00 bits per heavy atom. The topological polar surface area (TPSA) is 40.6 Å². The molecule has 2 amide bonds. The van der Waals surface area contributed by atoms with E-state index >= 15 is 0 Å². The van der Waals surface area contributed by atoms with Gasteiger partial charge < -0.3 is 9.80 Å². The van der Waals surface area contributed by atoms with E-state index in [4.69, 9.17) is 0 Å². The monoisotopic (exact) mass is 348 g/mol. The average Bonchev–Trinajstić information content (AvgIpc) is 3.31. The molecule has 1 saturated carbocycles. The highest BCUT2D eigenvalue weighted by Crippen LogP contribution is 2.28. The second kappa shape index (κ2) is 8.65. The van der Waals surface area contributed by atoms with Crippen molar-refractivity contribution in [3.63, 3.8) is 0 Å². The molecule has 1 aromatic rings. The van der Waals surface area contributed by atoms with Gasteiger partial charge in [-0.1, -0.05) is 25.7 Å². The smallest absolute Gasteiger partial charge is 0.223 e.